The van der Waals surface area contributed by atoms with Crippen LogP contribution >= 0.6 is 0 Å². The maximum absolute atomic E-state index is 6.42. The summed E-state index contributed by atoms with van der Waals surface area (Å²) in [5.74, 6) is 1.86. The highest BCUT2D eigenvalue weighted by atomic mass is 16.3. The van der Waals surface area contributed by atoms with E-state index in [1.54, 1.807) is 0 Å². The number of aromatic nitrogens is 3. The summed E-state index contributed by atoms with van der Waals surface area (Å²) in [5.41, 5.74) is 11.5. The fourth-order valence-corrected chi connectivity index (χ4v) is 7.38. The predicted octanol–water partition coefficient (Wildman–Crippen LogP) is 12.9. The summed E-state index contributed by atoms with van der Waals surface area (Å²) in [5, 5.41) is 4.49. The van der Waals surface area contributed by atoms with Crippen LogP contribution in [0, 0.1) is 0 Å². The van der Waals surface area contributed by atoms with Gasteiger partial charge in [-0.3, -0.25) is 0 Å². The Balaban J connectivity index is 1.07. The number of furan rings is 1. The molecule has 0 unspecified atom stereocenters. The van der Waals surface area contributed by atoms with Crippen LogP contribution in [-0.2, 0) is 0 Å². The van der Waals surface area contributed by atoms with Crippen molar-refractivity contribution in [1.29, 1.82) is 0 Å². The Morgan fingerprint density at radius 3 is 1.38 bits per heavy atom. The lowest BCUT2D eigenvalue weighted by Gasteiger charge is -2.13. The van der Waals surface area contributed by atoms with Crippen LogP contribution in [0.5, 0.6) is 0 Å². The van der Waals surface area contributed by atoms with Gasteiger partial charge in [0.25, 0.3) is 0 Å². The maximum Gasteiger partial charge on any atom is 0.164 e. The van der Waals surface area contributed by atoms with Gasteiger partial charge in [-0.2, -0.15) is 0 Å². The van der Waals surface area contributed by atoms with Gasteiger partial charge in [0.05, 0.1) is 0 Å². The first-order valence-corrected chi connectivity index (χ1v) is 17.8. The van der Waals surface area contributed by atoms with Gasteiger partial charge in [0.15, 0.2) is 17.5 Å². The molecule has 0 aliphatic carbocycles. The predicted molar refractivity (Wildman–Crippen MR) is 217 cm³/mol. The average Bonchev–Trinajstić information content (AvgIpc) is 3.62. The molecule has 4 nitrogen and oxygen atoms in total. The molecule has 0 atom stereocenters. The van der Waals surface area contributed by atoms with E-state index in [0.717, 1.165) is 49.8 Å². The molecule has 0 radical (unpaired) electrons. The van der Waals surface area contributed by atoms with Crippen LogP contribution in [0.4, 0.5) is 0 Å². The molecule has 0 fully saturated rings. The highest BCUT2D eigenvalue weighted by Crippen LogP contribution is 2.40. The summed E-state index contributed by atoms with van der Waals surface area (Å²) in [6.07, 6.45) is 0. The number of benzene rings is 8. The first-order chi connectivity index (χ1) is 26.3. The third-order valence-corrected chi connectivity index (χ3v) is 9.97. The average molecular weight is 678 g/mol. The van der Waals surface area contributed by atoms with E-state index in [-0.39, 0.29) is 0 Å². The third-order valence-electron chi connectivity index (χ3n) is 9.97. The van der Waals surface area contributed by atoms with E-state index in [2.05, 4.69) is 115 Å². The summed E-state index contributed by atoms with van der Waals surface area (Å²) in [4.78, 5) is 15.0. The molecule has 53 heavy (non-hydrogen) atoms. The van der Waals surface area contributed by atoms with Crippen molar-refractivity contribution in [1.82, 2.24) is 15.0 Å². The lowest BCUT2D eigenvalue weighted by molar-refractivity contribution is 0.669. The van der Waals surface area contributed by atoms with Gasteiger partial charge in [0.2, 0.25) is 0 Å². The van der Waals surface area contributed by atoms with E-state index in [9.17, 15) is 0 Å². The molecule has 0 spiro atoms. The molecule has 10 rings (SSSR count). The van der Waals surface area contributed by atoms with Crippen LogP contribution in [0.15, 0.2) is 192 Å². The van der Waals surface area contributed by atoms with Crippen molar-refractivity contribution in [2.75, 3.05) is 0 Å². The van der Waals surface area contributed by atoms with E-state index in [0.29, 0.717) is 17.5 Å². The molecule has 0 aliphatic heterocycles. The zero-order valence-electron chi connectivity index (χ0n) is 28.6. The third kappa shape index (κ3) is 5.54. The SMILES string of the molecule is c1ccc(-c2nc(-c3ccccc3)nc(-c3cccc4oc5ccc(-c6ccc(-c7ccc(-c8ccccc8)c8ccccc78)cc6)cc5c34)n2)cc1. The Hall–Kier alpha value is -7.17. The van der Waals surface area contributed by atoms with E-state index in [1.165, 1.54) is 33.0 Å². The van der Waals surface area contributed by atoms with Crippen molar-refractivity contribution in [3.05, 3.63) is 188 Å². The van der Waals surface area contributed by atoms with Crippen LogP contribution in [0.3, 0.4) is 0 Å². The minimum Gasteiger partial charge on any atom is -0.456 e. The number of nitrogens with zero attached hydrogens (tertiary/aromatic N) is 3. The lowest BCUT2D eigenvalue weighted by Crippen LogP contribution is -2.00. The Morgan fingerprint density at radius 1 is 0.283 bits per heavy atom. The molecule has 10 aromatic rings. The number of rotatable bonds is 6. The van der Waals surface area contributed by atoms with Crippen LogP contribution in [-0.4, -0.2) is 15.0 Å². The van der Waals surface area contributed by atoms with E-state index < -0.39 is 0 Å². The largest absolute Gasteiger partial charge is 0.456 e. The van der Waals surface area contributed by atoms with Crippen molar-refractivity contribution < 1.29 is 4.42 Å². The van der Waals surface area contributed by atoms with Crippen molar-refractivity contribution in [3.63, 3.8) is 0 Å². The van der Waals surface area contributed by atoms with Gasteiger partial charge in [0, 0.05) is 27.5 Å². The topological polar surface area (TPSA) is 51.8 Å². The second-order valence-electron chi connectivity index (χ2n) is 13.2. The molecule has 0 saturated heterocycles. The van der Waals surface area contributed by atoms with Gasteiger partial charge >= 0.3 is 0 Å². The monoisotopic (exact) mass is 677 g/mol. The zero-order valence-corrected chi connectivity index (χ0v) is 28.6. The van der Waals surface area contributed by atoms with Crippen molar-refractivity contribution in [3.8, 4) is 67.5 Å². The van der Waals surface area contributed by atoms with E-state index >= 15 is 0 Å². The first kappa shape index (κ1) is 30.6. The lowest BCUT2D eigenvalue weighted by atomic mass is 9.91. The Bertz CT molecular complexity index is 2860. The van der Waals surface area contributed by atoms with E-state index in [4.69, 9.17) is 19.4 Å². The molecule has 0 bridgehead atoms. The number of hydrogen-bond donors (Lipinski definition) is 0. The van der Waals surface area contributed by atoms with Crippen molar-refractivity contribution >= 4 is 32.7 Å². The van der Waals surface area contributed by atoms with Gasteiger partial charge in [-0.05, 0) is 62.4 Å². The van der Waals surface area contributed by atoms with Crippen LogP contribution < -0.4 is 0 Å². The normalized spacial score (nSPS) is 11.4. The van der Waals surface area contributed by atoms with Gasteiger partial charge in [0.1, 0.15) is 11.2 Å². The standard InChI is InChI=1S/C49H31N3O/c1-4-13-33(14-5-1)38-28-29-39(41-20-11-10-19-40(38)41)34-25-23-32(24-26-34)37-27-30-44-43(31-37)46-42(21-12-22-45(46)53-44)49-51-47(35-15-6-2-7-16-35)50-48(52-49)36-17-8-3-9-18-36/h1-31H. The highest BCUT2D eigenvalue weighted by Gasteiger charge is 2.18. The van der Waals surface area contributed by atoms with Gasteiger partial charge < -0.3 is 4.42 Å². The van der Waals surface area contributed by atoms with Crippen LogP contribution in [0.25, 0.3) is 100 Å². The Kier molecular flexibility index (Phi) is 7.43. The van der Waals surface area contributed by atoms with Gasteiger partial charge in [-0.1, -0.05) is 170 Å². The summed E-state index contributed by atoms with van der Waals surface area (Å²) in [6.45, 7) is 0. The molecule has 2 heterocycles. The second kappa shape index (κ2) is 12.9. The van der Waals surface area contributed by atoms with Crippen molar-refractivity contribution in [2.45, 2.75) is 0 Å². The summed E-state index contributed by atoms with van der Waals surface area (Å²) in [7, 11) is 0. The minimum absolute atomic E-state index is 0.603. The number of fused-ring (bicyclic) bond motifs is 4. The smallest absolute Gasteiger partial charge is 0.164 e. The van der Waals surface area contributed by atoms with Crippen LogP contribution in [0.1, 0.15) is 0 Å². The summed E-state index contributed by atoms with van der Waals surface area (Å²) >= 11 is 0. The quantitative estimate of drug-likeness (QED) is 0.176. The van der Waals surface area contributed by atoms with Crippen LogP contribution in [0.2, 0.25) is 0 Å². The zero-order chi connectivity index (χ0) is 35.1. The second-order valence-corrected chi connectivity index (χ2v) is 13.2. The molecular formula is C49H31N3O. The molecule has 248 valence electrons. The first-order valence-electron chi connectivity index (χ1n) is 17.8. The molecule has 0 N–H and O–H groups in total. The van der Waals surface area contributed by atoms with Gasteiger partial charge in [-0.25, -0.2) is 15.0 Å². The van der Waals surface area contributed by atoms with Gasteiger partial charge in [-0.15, -0.1) is 0 Å². The summed E-state index contributed by atoms with van der Waals surface area (Å²) < 4.78 is 6.42. The molecular weight excluding hydrogens is 647 g/mol. The maximum atomic E-state index is 6.42. The molecule has 0 amide bonds. The van der Waals surface area contributed by atoms with E-state index in [1.807, 2.05) is 72.8 Å². The summed E-state index contributed by atoms with van der Waals surface area (Å²) in [6, 6.07) is 65.3. The van der Waals surface area contributed by atoms with Crippen molar-refractivity contribution in [2.24, 2.45) is 0 Å². The Labute approximate surface area is 306 Å². The molecule has 0 saturated carbocycles. The highest BCUT2D eigenvalue weighted by molar-refractivity contribution is 6.13. The molecule has 4 heteroatoms. The number of hydrogen-bond acceptors (Lipinski definition) is 4. The fraction of sp³-hybridized carbons (Fsp3) is 0. The molecule has 8 aromatic carbocycles. The Morgan fingerprint density at radius 2 is 0.774 bits per heavy atom. The minimum atomic E-state index is 0.603. The fourth-order valence-electron chi connectivity index (χ4n) is 7.38. The molecule has 0 aliphatic rings. The molecule has 2 aromatic heterocycles.